The number of rotatable bonds is 6. The van der Waals surface area contributed by atoms with Crippen molar-refractivity contribution in [3.63, 3.8) is 0 Å². The molecule has 10 aromatic rings. The number of hydrogen-bond acceptors (Lipinski definition) is 3. The topological polar surface area (TPSA) is 25.8 Å². The molecule has 0 saturated heterocycles. The summed E-state index contributed by atoms with van der Waals surface area (Å²) < 4.78 is 2.61. The zero-order valence-corrected chi connectivity index (χ0v) is 29.6. The Hall–Kier alpha value is -6.68. The molecule has 0 fully saturated rings. The van der Waals surface area contributed by atoms with Gasteiger partial charge in [0, 0.05) is 36.9 Å². The monoisotopic (exact) mass is 692 g/mol. The maximum Gasteiger partial charge on any atom is 0.160 e. The minimum absolute atomic E-state index is 0.702. The predicted molar refractivity (Wildman–Crippen MR) is 225 cm³/mol. The highest BCUT2D eigenvalue weighted by molar-refractivity contribution is 7.25. The van der Waals surface area contributed by atoms with Crippen molar-refractivity contribution in [2.75, 3.05) is 0 Å². The van der Waals surface area contributed by atoms with E-state index in [-0.39, 0.29) is 0 Å². The fourth-order valence-electron chi connectivity index (χ4n) is 7.31. The van der Waals surface area contributed by atoms with Crippen LogP contribution in [0.3, 0.4) is 0 Å². The van der Waals surface area contributed by atoms with Gasteiger partial charge >= 0.3 is 0 Å². The van der Waals surface area contributed by atoms with Gasteiger partial charge in [0.05, 0.1) is 11.4 Å². The number of fused-ring (bicyclic) bond motifs is 4. The molecule has 0 amide bonds. The SMILES string of the molecule is c1ccc(-c2ccc(-c3cc(-c4cc(-c5ccccc5)cc(-c5ccc6sc7ccccc7c6c5)c4)nc(-c4ccc5ccccc5c4)n3)cc2)cc1. The van der Waals surface area contributed by atoms with Crippen molar-refractivity contribution in [2.45, 2.75) is 0 Å². The molecule has 53 heavy (non-hydrogen) atoms. The van der Waals surface area contributed by atoms with E-state index in [9.17, 15) is 0 Å². The lowest BCUT2D eigenvalue weighted by molar-refractivity contribution is 1.18. The maximum absolute atomic E-state index is 5.31. The first kappa shape index (κ1) is 31.1. The van der Waals surface area contributed by atoms with E-state index in [2.05, 4.69) is 194 Å². The summed E-state index contributed by atoms with van der Waals surface area (Å²) in [7, 11) is 0. The van der Waals surface area contributed by atoms with Crippen LogP contribution in [0.5, 0.6) is 0 Å². The predicted octanol–water partition coefficient (Wildman–Crippen LogP) is 14.0. The molecule has 0 spiro atoms. The Bertz CT molecular complexity index is 2930. The highest BCUT2D eigenvalue weighted by Crippen LogP contribution is 2.39. The van der Waals surface area contributed by atoms with E-state index in [4.69, 9.17) is 9.97 Å². The average Bonchev–Trinajstić information content (AvgIpc) is 3.62. The fourth-order valence-corrected chi connectivity index (χ4v) is 8.40. The molecule has 0 radical (unpaired) electrons. The maximum atomic E-state index is 5.31. The number of thiophene rings is 1. The largest absolute Gasteiger partial charge is 0.228 e. The molecule has 10 rings (SSSR count). The van der Waals surface area contributed by atoms with Gasteiger partial charge in [0.15, 0.2) is 5.82 Å². The van der Waals surface area contributed by atoms with Crippen LogP contribution < -0.4 is 0 Å². The normalized spacial score (nSPS) is 11.4. The number of benzene rings is 8. The second-order valence-corrected chi connectivity index (χ2v) is 14.5. The molecule has 0 bridgehead atoms. The van der Waals surface area contributed by atoms with Gasteiger partial charge in [0.2, 0.25) is 0 Å². The van der Waals surface area contributed by atoms with Gasteiger partial charge in [-0.05, 0) is 92.7 Å². The van der Waals surface area contributed by atoms with Gasteiger partial charge in [0.25, 0.3) is 0 Å². The summed E-state index contributed by atoms with van der Waals surface area (Å²) in [5.41, 5.74) is 11.9. The van der Waals surface area contributed by atoms with Crippen LogP contribution in [0.25, 0.3) is 98.2 Å². The second kappa shape index (κ2) is 13.1. The summed E-state index contributed by atoms with van der Waals surface area (Å²) in [6.45, 7) is 0. The van der Waals surface area contributed by atoms with Crippen LogP contribution >= 0.6 is 11.3 Å². The van der Waals surface area contributed by atoms with E-state index < -0.39 is 0 Å². The quantitative estimate of drug-likeness (QED) is 0.173. The number of hydrogen-bond donors (Lipinski definition) is 0. The highest BCUT2D eigenvalue weighted by Gasteiger charge is 2.15. The van der Waals surface area contributed by atoms with Crippen LogP contribution in [0.4, 0.5) is 0 Å². The molecule has 0 aliphatic rings. The van der Waals surface area contributed by atoms with E-state index in [1.165, 1.54) is 42.2 Å². The molecule has 0 aliphatic heterocycles. The van der Waals surface area contributed by atoms with Crippen molar-refractivity contribution in [1.29, 1.82) is 0 Å². The molecule has 2 nitrogen and oxygen atoms in total. The molecule has 2 heterocycles. The molecule has 0 atom stereocenters. The summed E-state index contributed by atoms with van der Waals surface area (Å²) in [6, 6.07) is 69.3. The lowest BCUT2D eigenvalue weighted by Gasteiger charge is -2.14. The Morgan fingerprint density at radius 3 is 1.58 bits per heavy atom. The van der Waals surface area contributed by atoms with Crippen LogP contribution in [0.1, 0.15) is 0 Å². The fraction of sp³-hybridized carbons (Fsp3) is 0. The van der Waals surface area contributed by atoms with E-state index in [1.807, 2.05) is 11.3 Å². The Morgan fingerprint density at radius 2 is 0.811 bits per heavy atom. The van der Waals surface area contributed by atoms with E-state index in [1.54, 1.807) is 0 Å². The third-order valence-electron chi connectivity index (χ3n) is 10.1. The summed E-state index contributed by atoms with van der Waals surface area (Å²) in [5, 5.41) is 4.95. The van der Waals surface area contributed by atoms with Crippen LogP contribution in [-0.4, -0.2) is 9.97 Å². The molecule has 0 saturated carbocycles. The third kappa shape index (κ3) is 5.97. The lowest BCUT2D eigenvalue weighted by Crippen LogP contribution is -1.97. The first-order valence-electron chi connectivity index (χ1n) is 17.9. The van der Waals surface area contributed by atoms with Crippen molar-refractivity contribution < 1.29 is 0 Å². The Balaban J connectivity index is 1.16. The van der Waals surface area contributed by atoms with Gasteiger partial charge in [0.1, 0.15) is 0 Å². The third-order valence-corrected chi connectivity index (χ3v) is 11.2. The highest BCUT2D eigenvalue weighted by atomic mass is 32.1. The van der Waals surface area contributed by atoms with Crippen molar-refractivity contribution in [3.05, 3.63) is 194 Å². The smallest absolute Gasteiger partial charge is 0.160 e. The molecule has 8 aromatic carbocycles. The van der Waals surface area contributed by atoms with Crippen molar-refractivity contribution >= 4 is 42.3 Å². The van der Waals surface area contributed by atoms with Crippen LogP contribution in [0, 0.1) is 0 Å². The molecule has 0 N–H and O–H groups in total. The summed E-state index contributed by atoms with van der Waals surface area (Å²) in [5.74, 6) is 0.702. The van der Waals surface area contributed by atoms with Gasteiger partial charge in [-0.1, -0.05) is 146 Å². The summed E-state index contributed by atoms with van der Waals surface area (Å²) in [4.78, 5) is 10.5. The first-order valence-corrected chi connectivity index (χ1v) is 18.7. The Morgan fingerprint density at radius 1 is 0.283 bits per heavy atom. The Labute approximate surface area is 312 Å². The zero-order valence-electron chi connectivity index (χ0n) is 28.8. The van der Waals surface area contributed by atoms with Gasteiger partial charge in [-0.15, -0.1) is 11.3 Å². The molecular formula is C50H32N2S. The number of nitrogens with zero attached hydrogens (tertiary/aromatic N) is 2. The Kier molecular flexibility index (Phi) is 7.71. The van der Waals surface area contributed by atoms with Gasteiger partial charge in [-0.25, -0.2) is 9.97 Å². The molecule has 2 aromatic heterocycles. The van der Waals surface area contributed by atoms with Crippen LogP contribution in [0.2, 0.25) is 0 Å². The van der Waals surface area contributed by atoms with Gasteiger partial charge in [-0.2, -0.15) is 0 Å². The van der Waals surface area contributed by atoms with E-state index in [0.29, 0.717) is 5.82 Å². The molecule has 0 unspecified atom stereocenters. The lowest BCUT2D eigenvalue weighted by atomic mass is 9.94. The molecule has 0 aliphatic carbocycles. The van der Waals surface area contributed by atoms with E-state index in [0.717, 1.165) is 50.2 Å². The van der Waals surface area contributed by atoms with Crippen molar-refractivity contribution in [1.82, 2.24) is 9.97 Å². The zero-order chi connectivity index (χ0) is 35.1. The van der Waals surface area contributed by atoms with E-state index >= 15 is 0 Å². The summed E-state index contributed by atoms with van der Waals surface area (Å²) in [6.07, 6.45) is 0. The van der Waals surface area contributed by atoms with Gasteiger partial charge < -0.3 is 0 Å². The number of aromatic nitrogens is 2. The minimum atomic E-state index is 0.702. The van der Waals surface area contributed by atoms with Gasteiger partial charge in [-0.3, -0.25) is 0 Å². The average molecular weight is 693 g/mol. The molecule has 248 valence electrons. The van der Waals surface area contributed by atoms with Crippen molar-refractivity contribution in [3.8, 4) is 67.3 Å². The second-order valence-electron chi connectivity index (χ2n) is 13.4. The standard InChI is InChI=1S/C50H32N2S/c1-3-11-33(12-4-1)36-19-22-37(23-20-36)46-32-47(52-50(51-46)40-24-21-35-15-7-8-16-38(35)27-40)43-29-41(34-13-5-2-6-14-34)28-42(30-43)39-25-26-49-45(31-39)44-17-9-10-18-48(44)53-49/h1-32H. The minimum Gasteiger partial charge on any atom is -0.228 e. The first-order chi connectivity index (χ1) is 26.2. The van der Waals surface area contributed by atoms with Crippen LogP contribution in [-0.2, 0) is 0 Å². The van der Waals surface area contributed by atoms with Crippen molar-refractivity contribution in [2.24, 2.45) is 0 Å². The summed E-state index contributed by atoms with van der Waals surface area (Å²) >= 11 is 1.85. The molecule has 3 heteroatoms. The van der Waals surface area contributed by atoms with Crippen LogP contribution in [0.15, 0.2) is 194 Å². The molecular weight excluding hydrogens is 661 g/mol.